The van der Waals surface area contributed by atoms with Gasteiger partial charge in [0.15, 0.2) is 14.6 Å². The van der Waals surface area contributed by atoms with Crippen LogP contribution in [0, 0.1) is 0 Å². The summed E-state index contributed by atoms with van der Waals surface area (Å²) in [7, 11) is -3.33. The van der Waals surface area contributed by atoms with Crippen LogP contribution in [0.25, 0.3) is 21.0 Å². The molecule has 0 unspecified atom stereocenters. The Morgan fingerprint density at radius 2 is 1.84 bits per heavy atom. The first-order valence-corrected chi connectivity index (χ1v) is 12.6. The second-order valence-electron chi connectivity index (χ2n) is 7.11. The average molecular weight is 455 g/mol. The molecule has 4 rings (SSSR count). The summed E-state index contributed by atoms with van der Waals surface area (Å²) in [6.07, 6.45) is 1.18. The number of amides is 1. The van der Waals surface area contributed by atoms with Gasteiger partial charge in [-0.2, -0.15) is 4.99 Å². The van der Waals surface area contributed by atoms with Crippen molar-refractivity contribution in [2.75, 3.05) is 19.5 Å². The van der Waals surface area contributed by atoms with Crippen molar-refractivity contribution in [2.24, 2.45) is 4.99 Å². The summed E-state index contributed by atoms with van der Waals surface area (Å²) in [5.74, 6) is -0.342. The summed E-state index contributed by atoms with van der Waals surface area (Å²) in [6.45, 7) is 3.48. The number of carbonyl (C=O) groups excluding carboxylic acids is 1. The minimum absolute atomic E-state index is 0.241. The van der Waals surface area contributed by atoms with Crippen molar-refractivity contribution in [3.63, 3.8) is 0 Å². The van der Waals surface area contributed by atoms with Gasteiger partial charge in [-0.05, 0) is 48.0 Å². The zero-order valence-corrected chi connectivity index (χ0v) is 18.9. The van der Waals surface area contributed by atoms with Crippen molar-refractivity contribution in [1.82, 2.24) is 4.57 Å². The van der Waals surface area contributed by atoms with Crippen molar-refractivity contribution < 1.29 is 17.9 Å². The quantitative estimate of drug-likeness (QED) is 0.412. The van der Waals surface area contributed by atoms with Gasteiger partial charge >= 0.3 is 0 Å². The fraction of sp³-hybridized carbons (Fsp3) is 0.217. The molecule has 4 aromatic rings. The largest absolute Gasteiger partial charge is 0.380 e. The molecule has 160 valence electrons. The normalized spacial score (nSPS) is 12.6. The Hall–Kier alpha value is -2.81. The lowest BCUT2D eigenvalue weighted by atomic mass is 10.1. The van der Waals surface area contributed by atoms with E-state index >= 15 is 0 Å². The molecule has 0 spiro atoms. The maximum atomic E-state index is 12.9. The Kier molecular flexibility index (Phi) is 6.04. The number of ether oxygens (including phenoxy) is 1. The fourth-order valence-corrected chi connectivity index (χ4v) is 5.18. The molecule has 0 fully saturated rings. The Morgan fingerprint density at radius 3 is 2.58 bits per heavy atom. The average Bonchev–Trinajstić information content (AvgIpc) is 3.09. The van der Waals surface area contributed by atoms with Crippen molar-refractivity contribution in [3.05, 3.63) is 71.0 Å². The Bertz CT molecular complexity index is 1450. The van der Waals surface area contributed by atoms with Crippen molar-refractivity contribution in [3.8, 4) is 0 Å². The van der Waals surface area contributed by atoms with Gasteiger partial charge in [-0.15, -0.1) is 0 Å². The van der Waals surface area contributed by atoms with Crippen molar-refractivity contribution in [2.45, 2.75) is 18.4 Å². The number of thiazole rings is 1. The number of aromatic nitrogens is 1. The number of benzene rings is 3. The molecular weight excluding hydrogens is 432 g/mol. The molecule has 0 aliphatic carbocycles. The van der Waals surface area contributed by atoms with Gasteiger partial charge in [0.2, 0.25) is 0 Å². The van der Waals surface area contributed by atoms with Gasteiger partial charge in [-0.3, -0.25) is 4.79 Å². The monoisotopic (exact) mass is 454 g/mol. The molecule has 0 radical (unpaired) electrons. The topological polar surface area (TPSA) is 77.7 Å². The molecule has 0 saturated carbocycles. The summed E-state index contributed by atoms with van der Waals surface area (Å²) in [6, 6.07) is 18.3. The molecule has 6 nitrogen and oxygen atoms in total. The molecule has 0 aliphatic heterocycles. The molecule has 0 aliphatic rings. The van der Waals surface area contributed by atoms with Gasteiger partial charge in [0.05, 0.1) is 21.7 Å². The lowest BCUT2D eigenvalue weighted by Gasteiger charge is -2.06. The molecule has 1 heterocycles. The van der Waals surface area contributed by atoms with Crippen LogP contribution in [0.15, 0.2) is 70.6 Å². The third kappa shape index (κ3) is 4.61. The molecule has 3 aromatic carbocycles. The summed E-state index contributed by atoms with van der Waals surface area (Å²) in [5, 5.41) is 2.03. The molecule has 0 saturated heterocycles. The molecule has 31 heavy (non-hydrogen) atoms. The molecule has 0 bridgehead atoms. The van der Waals surface area contributed by atoms with Crippen molar-refractivity contribution in [1.29, 1.82) is 0 Å². The molecular formula is C23H22N2O4S2. The van der Waals surface area contributed by atoms with Crippen LogP contribution in [0.3, 0.4) is 0 Å². The maximum Gasteiger partial charge on any atom is 0.279 e. The Labute approximate surface area is 184 Å². The summed E-state index contributed by atoms with van der Waals surface area (Å²) in [5.41, 5.74) is 1.33. The van der Waals surface area contributed by atoms with Gasteiger partial charge in [-0.25, -0.2) is 8.42 Å². The smallest absolute Gasteiger partial charge is 0.279 e. The van der Waals surface area contributed by atoms with E-state index in [4.69, 9.17) is 4.74 Å². The number of carbonyl (C=O) groups is 1. The third-order valence-corrected chi connectivity index (χ3v) is 7.09. The van der Waals surface area contributed by atoms with Gasteiger partial charge in [-0.1, -0.05) is 41.7 Å². The minimum Gasteiger partial charge on any atom is -0.380 e. The van der Waals surface area contributed by atoms with Crippen LogP contribution in [-0.4, -0.2) is 38.4 Å². The Balaban J connectivity index is 1.81. The van der Waals surface area contributed by atoms with Crippen LogP contribution in [0.1, 0.15) is 17.3 Å². The Morgan fingerprint density at radius 1 is 1.06 bits per heavy atom. The van der Waals surface area contributed by atoms with Crippen molar-refractivity contribution >= 4 is 48.1 Å². The second kappa shape index (κ2) is 8.74. The van der Waals surface area contributed by atoms with Gasteiger partial charge < -0.3 is 9.30 Å². The van der Waals surface area contributed by atoms with E-state index in [0.29, 0.717) is 30.1 Å². The fourth-order valence-electron chi connectivity index (χ4n) is 3.36. The standard InChI is InChI=1S/C23H22N2O4S2/c1-3-29-13-12-25-20-11-10-19(31(2,27)28)15-21(20)30-23(25)24-22(26)18-9-8-16-6-4-5-7-17(16)14-18/h4-11,14-15H,3,12-13H2,1-2H3. The van der Waals surface area contributed by atoms with E-state index in [1.807, 2.05) is 47.9 Å². The predicted octanol–water partition coefficient (Wildman–Crippen LogP) is 4.04. The highest BCUT2D eigenvalue weighted by Gasteiger charge is 2.13. The van der Waals surface area contributed by atoms with Crippen LogP contribution in [0.5, 0.6) is 0 Å². The van der Waals surface area contributed by atoms with Crippen LogP contribution in [-0.2, 0) is 21.1 Å². The number of sulfone groups is 1. The van der Waals surface area contributed by atoms with E-state index in [-0.39, 0.29) is 10.8 Å². The summed E-state index contributed by atoms with van der Waals surface area (Å²) >= 11 is 1.29. The number of rotatable bonds is 6. The van der Waals surface area contributed by atoms with E-state index in [1.54, 1.807) is 24.3 Å². The van der Waals surface area contributed by atoms with Crippen LogP contribution in [0.2, 0.25) is 0 Å². The molecule has 8 heteroatoms. The van der Waals surface area contributed by atoms with Gasteiger partial charge in [0.25, 0.3) is 5.91 Å². The summed E-state index contributed by atoms with van der Waals surface area (Å²) < 4.78 is 32.0. The zero-order chi connectivity index (χ0) is 22.0. The van der Waals surface area contributed by atoms with Gasteiger partial charge in [0.1, 0.15) is 0 Å². The second-order valence-corrected chi connectivity index (χ2v) is 10.1. The highest BCUT2D eigenvalue weighted by Crippen LogP contribution is 2.22. The van der Waals surface area contributed by atoms with Gasteiger partial charge in [0, 0.05) is 25.0 Å². The highest BCUT2D eigenvalue weighted by atomic mass is 32.2. The third-order valence-electron chi connectivity index (χ3n) is 4.94. The molecule has 1 aromatic heterocycles. The maximum absolute atomic E-state index is 12.9. The zero-order valence-electron chi connectivity index (χ0n) is 17.2. The van der Waals surface area contributed by atoms with E-state index in [9.17, 15) is 13.2 Å². The lowest BCUT2D eigenvalue weighted by molar-refractivity contribution is 0.0996. The van der Waals surface area contributed by atoms with Crippen LogP contribution < -0.4 is 4.80 Å². The number of fused-ring (bicyclic) bond motifs is 2. The first-order chi connectivity index (χ1) is 14.9. The first kappa shape index (κ1) is 21.4. The van der Waals surface area contributed by atoms with E-state index < -0.39 is 9.84 Å². The highest BCUT2D eigenvalue weighted by molar-refractivity contribution is 7.90. The molecule has 0 atom stereocenters. The van der Waals surface area contributed by atoms with Crippen LogP contribution in [0.4, 0.5) is 0 Å². The number of hydrogen-bond acceptors (Lipinski definition) is 5. The number of nitrogens with zero attached hydrogens (tertiary/aromatic N) is 2. The molecule has 0 N–H and O–H groups in total. The first-order valence-electron chi connectivity index (χ1n) is 9.86. The van der Waals surface area contributed by atoms with E-state index in [0.717, 1.165) is 21.0 Å². The van der Waals surface area contributed by atoms with Crippen LogP contribution >= 0.6 is 11.3 Å². The number of hydrogen-bond donors (Lipinski definition) is 0. The predicted molar refractivity (Wildman–Crippen MR) is 123 cm³/mol. The van der Waals surface area contributed by atoms with E-state index in [1.165, 1.54) is 17.6 Å². The molecule has 1 amide bonds. The van der Waals surface area contributed by atoms with E-state index in [2.05, 4.69) is 4.99 Å². The minimum atomic E-state index is -3.33. The lowest BCUT2D eigenvalue weighted by Crippen LogP contribution is -2.19. The SMILES string of the molecule is CCOCCn1c(=NC(=O)c2ccc3ccccc3c2)sc2cc(S(C)(=O)=O)ccc21. The summed E-state index contributed by atoms with van der Waals surface area (Å²) in [4.78, 5) is 18.1.